The van der Waals surface area contributed by atoms with Crippen molar-refractivity contribution in [3.05, 3.63) is 54.1 Å². The first-order valence-corrected chi connectivity index (χ1v) is 7.94. The molecule has 0 spiro atoms. The van der Waals surface area contributed by atoms with Gasteiger partial charge in [0.1, 0.15) is 6.61 Å². The molecule has 1 aromatic carbocycles. The Labute approximate surface area is 150 Å². The number of carbonyl (C=O) groups excluding carboxylic acids is 1. The molecule has 2 rings (SSSR count). The molecule has 1 heterocycles. The van der Waals surface area contributed by atoms with Gasteiger partial charge >= 0.3 is 12.0 Å². The van der Waals surface area contributed by atoms with Crippen LogP contribution in [-0.2, 0) is 11.4 Å². The molecule has 0 saturated carbocycles. The number of carboxylic acid groups (broad SMARTS) is 1. The molecule has 0 aliphatic heterocycles. The number of hydrogen-bond acceptors (Lipinski definition) is 4. The summed E-state index contributed by atoms with van der Waals surface area (Å²) in [5.41, 5.74) is 0.908. The monoisotopic (exact) mass is 361 g/mol. The molecule has 0 aliphatic carbocycles. The molecule has 138 valence electrons. The van der Waals surface area contributed by atoms with E-state index in [-0.39, 0.29) is 24.6 Å². The van der Waals surface area contributed by atoms with E-state index in [4.69, 9.17) is 9.84 Å². The van der Waals surface area contributed by atoms with Crippen LogP contribution in [0.5, 0.6) is 5.75 Å². The molecule has 0 saturated heterocycles. The number of aliphatic carboxylic acids is 1. The summed E-state index contributed by atoms with van der Waals surface area (Å²) >= 11 is 0. The van der Waals surface area contributed by atoms with Gasteiger partial charge in [-0.3, -0.25) is 9.78 Å². The zero-order chi connectivity index (χ0) is 19.1. The van der Waals surface area contributed by atoms with Crippen molar-refractivity contribution < 1.29 is 23.8 Å². The van der Waals surface area contributed by atoms with Gasteiger partial charge in [0.2, 0.25) is 0 Å². The maximum absolute atomic E-state index is 14.1. The molecule has 0 fully saturated rings. The average molecular weight is 361 g/mol. The van der Waals surface area contributed by atoms with E-state index in [1.807, 2.05) is 6.07 Å². The summed E-state index contributed by atoms with van der Waals surface area (Å²) in [6.07, 6.45) is 1.62. The van der Waals surface area contributed by atoms with Crippen molar-refractivity contribution >= 4 is 17.7 Å². The number of nitrogens with zero attached hydrogens (tertiary/aromatic N) is 2. The second kappa shape index (κ2) is 8.80. The van der Waals surface area contributed by atoms with Crippen LogP contribution in [-0.4, -0.2) is 40.6 Å². The molecule has 0 aliphatic rings. The number of urea groups is 1. The third kappa shape index (κ3) is 5.44. The lowest BCUT2D eigenvalue weighted by Gasteiger charge is -2.20. The van der Waals surface area contributed by atoms with Gasteiger partial charge in [0.25, 0.3) is 0 Å². The van der Waals surface area contributed by atoms with Crippen molar-refractivity contribution in [2.75, 3.05) is 18.9 Å². The van der Waals surface area contributed by atoms with Crippen molar-refractivity contribution in [1.82, 2.24) is 9.88 Å². The fourth-order valence-corrected chi connectivity index (χ4v) is 2.12. The van der Waals surface area contributed by atoms with Crippen molar-refractivity contribution in [1.29, 1.82) is 0 Å². The fraction of sp³-hybridized carbons (Fsp3) is 0.278. The third-order valence-corrected chi connectivity index (χ3v) is 3.60. The van der Waals surface area contributed by atoms with E-state index in [9.17, 15) is 14.0 Å². The lowest BCUT2D eigenvalue weighted by atomic mass is 10.2. The predicted molar refractivity (Wildman–Crippen MR) is 93.4 cm³/mol. The van der Waals surface area contributed by atoms with Gasteiger partial charge in [-0.05, 0) is 24.3 Å². The first-order valence-electron chi connectivity index (χ1n) is 7.94. The summed E-state index contributed by atoms with van der Waals surface area (Å²) in [5.74, 6) is -2.28. The van der Waals surface area contributed by atoms with Crippen molar-refractivity contribution in [3.63, 3.8) is 0 Å². The van der Waals surface area contributed by atoms with Gasteiger partial charge in [-0.25, -0.2) is 9.18 Å². The van der Waals surface area contributed by atoms with Crippen molar-refractivity contribution in [2.24, 2.45) is 5.92 Å². The van der Waals surface area contributed by atoms with Crippen LogP contribution < -0.4 is 10.1 Å². The number of anilines is 1. The van der Waals surface area contributed by atoms with Crippen LogP contribution in [0.4, 0.5) is 14.9 Å². The van der Waals surface area contributed by atoms with Crippen LogP contribution in [0.2, 0.25) is 0 Å². The largest absolute Gasteiger partial charge is 0.484 e. The summed E-state index contributed by atoms with van der Waals surface area (Å²) in [4.78, 5) is 28.2. The normalized spacial score (nSPS) is 11.5. The van der Waals surface area contributed by atoms with E-state index >= 15 is 0 Å². The lowest BCUT2D eigenvalue weighted by Crippen LogP contribution is -2.36. The number of benzene rings is 1. The topological polar surface area (TPSA) is 91.8 Å². The first-order chi connectivity index (χ1) is 12.4. The minimum absolute atomic E-state index is 0.0366. The number of amides is 2. The Balaban J connectivity index is 1.94. The first kappa shape index (κ1) is 19.2. The van der Waals surface area contributed by atoms with Gasteiger partial charge in [0.05, 0.1) is 11.6 Å². The molecule has 26 heavy (non-hydrogen) atoms. The lowest BCUT2D eigenvalue weighted by molar-refractivity contribution is -0.141. The van der Waals surface area contributed by atoms with Crippen molar-refractivity contribution in [2.45, 2.75) is 13.5 Å². The van der Waals surface area contributed by atoms with E-state index < -0.39 is 23.7 Å². The summed E-state index contributed by atoms with van der Waals surface area (Å²) in [5, 5.41) is 11.4. The molecule has 0 bridgehead atoms. The Kier molecular flexibility index (Phi) is 6.48. The number of ether oxygens (including phenoxy) is 1. The maximum Gasteiger partial charge on any atom is 0.321 e. The number of hydrogen-bond donors (Lipinski definition) is 2. The predicted octanol–water partition coefficient (Wildman–Crippen LogP) is 2.98. The van der Waals surface area contributed by atoms with E-state index in [0.29, 0.717) is 5.69 Å². The van der Waals surface area contributed by atoms with Crippen LogP contribution in [0, 0.1) is 11.7 Å². The fourth-order valence-electron chi connectivity index (χ4n) is 2.12. The quantitative estimate of drug-likeness (QED) is 0.791. The van der Waals surface area contributed by atoms with Crippen LogP contribution in [0.3, 0.4) is 0 Å². The van der Waals surface area contributed by atoms with E-state index in [2.05, 4.69) is 10.3 Å². The minimum atomic E-state index is -0.995. The summed E-state index contributed by atoms with van der Waals surface area (Å²) in [6, 6.07) is 8.87. The number of rotatable bonds is 7. The molecule has 2 aromatic rings. The molecule has 1 unspecified atom stereocenters. The minimum Gasteiger partial charge on any atom is -0.484 e. The number of nitrogens with one attached hydrogen (secondary N) is 1. The Hall–Kier alpha value is -3.16. The van der Waals surface area contributed by atoms with Gasteiger partial charge < -0.3 is 20.1 Å². The van der Waals surface area contributed by atoms with Gasteiger partial charge in [-0.15, -0.1) is 0 Å². The Morgan fingerprint density at radius 3 is 2.73 bits per heavy atom. The Bertz CT molecular complexity index is 770. The van der Waals surface area contributed by atoms with Gasteiger partial charge in [0, 0.05) is 31.5 Å². The van der Waals surface area contributed by atoms with Crippen LogP contribution >= 0.6 is 0 Å². The van der Waals surface area contributed by atoms with Gasteiger partial charge in [-0.1, -0.05) is 13.0 Å². The van der Waals surface area contributed by atoms with Crippen LogP contribution in [0.15, 0.2) is 42.6 Å². The molecular weight excluding hydrogens is 341 g/mol. The standard InChI is InChI=1S/C18H20FN3O4/c1-12(17(23)24)10-22(2)18(25)21-13-6-7-16(15(19)9-13)26-11-14-5-3-4-8-20-14/h3-9,12H,10-11H2,1-2H3,(H,21,25)(H,23,24). The average Bonchev–Trinajstić information content (AvgIpc) is 2.61. The number of pyridine rings is 1. The number of carbonyl (C=O) groups is 2. The van der Waals surface area contributed by atoms with Gasteiger partial charge in [0.15, 0.2) is 11.6 Å². The Morgan fingerprint density at radius 1 is 1.35 bits per heavy atom. The highest BCUT2D eigenvalue weighted by Gasteiger charge is 2.17. The molecule has 1 atom stereocenters. The summed E-state index contributed by atoms with van der Waals surface area (Å²) < 4.78 is 19.5. The molecular formula is C18H20FN3O4. The van der Waals surface area contributed by atoms with E-state index in [1.165, 1.54) is 31.0 Å². The zero-order valence-electron chi connectivity index (χ0n) is 14.5. The van der Waals surface area contributed by atoms with Crippen molar-refractivity contribution in [3.8, 4) is 5.75 Å². The van der Waals surface area contributed by atoms with Crippen LogP contribution in [0.25, 0.3) is 0 Å². The zero-order valence-corrected chi connectivity index (χ0v) is 14.5. The number of aromatic nitrogens is 1. The number of carboxylic acids is 1. The highest BCUT2D eigenvalue weighted by molar-refractivity contribution is 5.89. The molecule has 1 aromatic heterocycles. The van der Waals surface area contributed by atoms with E-state index in [1.54, 1.807) is 18.3 Å². The summed E-state index contributed by atoms with van der Waals surface area (Å²) in [6.45, 7) is 1.66. The molecule has 2 N–H and O–H groups in total. The molecule has 7 nitrogen and oxygen atoms in total. The highest BCUT2D eigenvalue weighted by atomic mass is 19.1. The number of halogens is 1. The third-order valence-electron chi connectivity index (χ3n) is 3.60. The molecule has 2 amide bonds. The van der Waals surface area contributed by atoms with Gasteiger partial charge in [-0.2, -0.15) is 0 Å². The molecule has 8 heteroatoms. The Morgan fingerprint density at radius 2 is 2.12 bits per heavy atom. The van der Waals surface area contributed by atoms with Crippen LogP contribution in [0.1, 0.15) is 12.6 Å². The highest BCUT2D eigenvalue weighted by Crippen LogP contribution is 2.22. The second-order valence-electron chi connectivity index (χ2n) is 5.80. The maximum atomic E-state index is 14.1. The SMILES string of the molecule is CC(CN(C)C(=O)Nc1ccc(OCc2ccccn2)c(F)c1)C(=O)O. The summed E-state index contributed by atoms with van der Waals surface area (Å²) in [7, 11) is 1.47. The smallest absolute Gasteiger partial charge is 0.321 e. The second-order valence-corrected chi connectivity index (χ2v) is 5.80. The van der Waals surface area contributed by atoms with E-state index in [0.717, 1.165) is 6.07 Å². The molecule has 0 radical (unpaired) electrons.